The third kappa shape index (κ3) is 5.15. The topological polar surface area (TPSA) is 18.5 Å². The Balaban J connectivity index is 2.70. The second-order valence-electron chi connectivity index (χ2n) is 7.83. The molecule has 0 bridgehead atoms. The molecule has 0 amide bonds. The average Bonchev–Trinajstić information content (AvgIpc) is 2.68. The lowest BCUT2D eigenvalue weighted by atomic mass is 9.89. The first-order valence-corrected chi connectivity index (χ1v) is 11.2. The van der Waals surface area contributed by atoms with E-state index in [-0.39, 0.29) is 29.8 Å². The lowest BCUT2D eigenvalue weighted by molar-refractivity contribution is -0.160. The van der Waals surface area contributed by atoms with Gasteiger partial charge >= 0.3 is 0 Å². The lowest BCUT2D eigenvalue weighted by Gasteiger charge is -2.23. The van der Waals surface area contributed by atoms with Gasteiger partial charge in [0.25, 0.3) is 0 Å². The Kier molecular flexibility index (Phi) is 8.68. The van der Waals surface area contributed by atoms with E-state index in [4.69, 9.17) is 0 Å². The average molecular weight is 463 g/mol. The van der Waals surface area contributed by atoms with Gasteiger partial charge in [0.2, 0.25) is 0 Å². The van der Waals surface area contributed by atoms with E-state index in [9.17, 15) is 17.6 Å². The molecule has 0 radical (unpaired) electrons. The van der Waals surface area contributed by atoms with Gasteiger partial charge < -0.3 is 0 Å². The molecule has 8 heteroatoms. The highest BCUT2D eigenvalue weighted by atomic mass is 32.2. The first-order chi connectivity index (χ1) is 14.0. The molecule has 0 aliphatic heterocycles. The molecule has 0 saturated heterocycles. The molecule has 2 aromatic rings. The summed E-state index contributed by atoms with van der Waals surface area (Å²) in [6, 6.07) is 4.01. The van der Waals surface area contributed by atoms with Gasteiger partial charge in [-0.05, 0) is 34.4 Å². The van der Waals surface area contributed by atoms with E-state index in [1.807, 2.05) is 39.8 Å². The quantitative estimate of drug-likeness (QED) is 0.129. The normalized spacial score (nSPS) is 11.9. The molecule has 0 aromatic heterocycles. The fraction of sp³-hybridized carbons (Fsp3) is 0.455. The largest absolute Gasteiger partial charge is 0.227 e. The molecule has 2 nitrogen and oxygen atoms in total. The molecule has 0 unspecified atom stereocenters. The van der Waals surface area contributed by atoms with Gasteiger partial charge in [-0.15, -0.1) is 0 Å². The summed E-state index contributed by atoms with van der Waals surface area (Å²) in [5, 5.41) is 0. The SMILES string of the molecule is COOSc1c(F)c(F)c(Sc2c(C(C)C)cc(C(C)C)cc2C(C)C)c(F)c1F. The van der Waals surface area contributed by atoms with Crippen molar-refractivity contribution in [3.05, 3.63) is 52.1 Å². The maximum Gasteiger partial charge on any atom is 0.179 e. The summed E-state index contributed by atoms with van der Waals surface area (Å²) in [4.78, 5) is 3.23. The van der Waals surface area contributed by atoms with Crippen LogP contribution in [0.15, 0.2) is 26.8 Å². The van der Waals surface area contributed by atoms with E-state index in [2.05, 4.69) is 23.1 Å². The van der Waals surface area contributed by atoms with Crippen molar-refractivity contribution in [1.29, 1.82) is 0 Å². The summed E-state index contributed by atoms with van der Waals surface area (Å²) >= 11 is 0.797. The zero-order valence-electron chi connectivity index (χ0n) is 18.0. The number of rotatable bonds is 8. The van der Waals surface area contributed by atoms with Crippen LogP contribution in [0.3, 0.4) is 0 Å². The van der Waals surface area contributed by atoms with Crippen LogP contribution in [-0.2, 0) is 9.22 Å². The minimum atomic E-state index is -1.52. The van der Waals surface area contributed by atoms with E-state index in [0.717, 1.165) is 35.6 Å². The molecule has 0 spiro atoms. The fourth-order valence-corrected chi connectivity index (χ4v) is 4.78. The van der Waals surface area contributed by atoms with Crippen molar-refractivity contribution in [2.45, 2.75) is 74.0 Å². The Labute approximate surface area is 183 Å². The predicted molar refractivity (Wildman–Crippen MR) is 113 cm³/mol. The molecule has 0 heterocycles. The van der Waals surface area contributed by atoms with Crippen molar-refractivity contribution in [3.8, 4) is 0 Å². The molecule has 2 rings (SSSR count). The van der Waals surface area contributed by atoms with Gasteiger partial charge in [0.15, 0.2) is 23.3 Å². The minimum Gasteiger partial charge on any atom is -0.227 e. The van der Waals surface area contributed by atoms with E-state index in [1.54, 1.807) is 0 Å². The second-order valence-corrected chi connectivity index (χ2v) is 9.56. The van der Waals surface area contributed by atoms with Crippen LogP contribution in [0.25, 0.3) is 0 Å². The molecule has 166 valence electrons. The van der Waals surface area contributed by atoms with Crippen molar-refractivity contribution in [3.63, 3.8) is 0 Å². The van der Waals surface area contributed by atoms with Gasteiger partial charge in [0.1, 0.15) is 4.90 Å². The Morgan fingerprint density at radius 3 is 1.47 bits per heavy atom. The minimum absolute atomic E-state index is 0.0504. The van der Waals surface area contributed by atoms with Gasteiger partial charge in [-0.1, -0.05) is 65.4 Å². The number of halogens is 4. The zero-order chi connectivity index (χ0) is 22.7. The van der Waals surface area contributed by atoms with Crippen molar-refractivity contribution in [2.75, 3.05) is 7.11 Å². The van der Waals surface area contributed by atoms with E-state index in [1.165, 1.54) is 0 Å². The Morgan fingerprint density at radius 2 is 1.10 bits per heavy atom. The van der Waals surface area contributed by atoms with Crippen molar-refractivity contribution in [1.82, 2.24) is 0 Å². The molecule has 2 aromatic carbocycles. The summed E-state index contributed by atoms with van der Waals surface area (Å²) in [6.45, 7) is 12.0. The second kappa shape index (κ2) is 10.4. The molecule has 0 saturated carbocycles. The van der Waals surface area contributed by atoms with Gasteiger partial charge in [-0.2, -0.15) is 4.33 Å². The molecule has 0 atom stereocenters. The van der Waals surface area contributed by atoms with E-state index in [0.29, 0.717) is 4.90 Å². The van der Waals surface area contributed by atoms with E-state index < -0.39 is 33.1 Å². The maximum atomic E-state index is 14.8. The van der Waals surface area contributed by atoms with E-state index >= 15 is 0 Å². The third-order valence-corrected chi connectivity index (χ3v) is 6.62. The Hall–Kier alpha value is -1.22. The molecule has 30 heavy (non-hydrogen) atoms. The summed E-state index contributed by atoms with van der Waals surface area (Å²) < 4.78 is 62.9. The van der Waals surface area contributed by atoms with Crippen molar-refractivity contribution in [2.24, 2.45) is 0 Å². The highest BCUT2D eigenvalue weighted by Crippen LogP contribution is 2.45. The van der Waals surface area contributed by atoms with Crippen LogP contribution in [0.2, 0.25) is 0 Å². The predicted octanol–water partition coefficient (Wildman–Crippen LogP) is 8.35. The van der Waals surface area contributed by atoms with Crippen LogP contribution < -0.4 is 0 Å². The summed E-state index contributed by atoms with van der Waals surface area (Å²) in [6.07, 6.45) is 0. The summed E-state index contributed by atoms with van der Waals surface area (Å²) in [5.74, 6) is -5.59. The van der Waals surface area contributed by atoms with Gasteiger partial charge in [0, 0.05) is 4.90 Å². The lowest BCUT2D eigenvalue weighted by Crippen LogP contribution is -2.05. The molecular weight excluding hydrogens is 436 g/mol. The van der Waals surface area contributed by atoms with Gasteiger partial charge in [0.05, 0.1) is 24.0 Å². The van der Waals surface area contributed by atoms with Crippen molar-refractivity contribution >= 4 is 23.8 Å². The molecule has 0 aliphatic rings. The highest BCUT2D eigenvalue weighted by Gasteiger charge is 2.29. The smallest absolute Gasteiger partial charge is 0.179 e. The van der Waals surface area contributed by atoms with Crippen LogP contribution in [0.1, 0.15) is 76.0 Å². The first kappa shape index (κ1) is 25.0. The Morgan fingerprint density at radius 1 is 0.667 bits per heavy atom. The third-order valence-electron chi connectivity index (χ3n) is 4.65. The molecule has 0 N–H and O–H groups in total. The monoisotopic (exact) mass is 462 g/mol. The van der Waals surface area contributed by atoms with Crippen LogP contribution in [0, 0.1) is 23.3 Å². The Bertz CT molecular complexity index is 856. The van der Waals surface area contributed by atoms with Crippen LogP contribution in [-0.4, -0.2) is 7.11 Å². The molecule has 0 aliphatic carbocycles. The van der Waals surface area contributed by atoms with Crippen LogP contribution in [0.5, 0.6) is 0 Å². The highest BCUT2D eigenvalue weighted by molar-refractivity contribution is 7.99. The molecule has 0 fully saturated rings. The van der Waals surface area contributed by atoms with Crippen LogP contribution in [0.4, 0.5) is 17.6 Å². The molecular formula is C22H26F4O2S2. The van der Waals surface area contributed by atoms with Crippen molar-refractivity contribution < 1.29 is 26.8 Å². The number of hydrogen-bond acceptors (Lipinski definition) is 4. The number of hydrogen-bond donors (Lipinski definition) is 0. The summed E-state index contributed by atoms with van der Waals surface area (Å²) in [7, 11) is 1.11. The van der Waals surface area contributed by atoms with Gasteiger partial charge in [-0.3, -0.25) is 0 Å². The fourth-order valence-electron chi connectivity index (χ4n) is 2.93. The number of benzene rings is 2. The zero-order valence-corrected chi connectivity index (χ0v) is 19.7. The van der Waals surface area contributed by atoms with Gasteiger partial charge in [-0.25, -0.2) is 22.4 Å². The maximum absolute atomic E-state index is 14.8. The first-order valence-electron chi connectivity index (χ1n) is 9.59. The standard InChI is InChI=1S/C22H26F4O2S2/c1-10(2)13-8-14(11(3)4)20(15(9-13)12(5)6)29-21-16(23)18(25)22(30-28-27-7)19(26)17(21)24/h8-12H,1-7H3. The van der Waals surface area contributed by atoms with Crippen LogP contribution >= 0.6 is 23.8 Å². The summed E-state index contributed by atoms with van der Waals surface area (Å²) in [5.41, 5.74) is 2.87.